The number of aromatic nitrogens is 2. The van der Waals surface area contributed by atoms with Gasteiger partial charge in [0.1, 0.15) is 23.3 Å². The van der Waals surface area contributed by atoms with Crippen LogP contribution in [0.3, 0.4) is 0 Å². The highest BCUT2D eigenvalue weighted by atomic mass is 32.2. The Labute approximate surface area is 130 Å². The molecule has 22 heavy (non-hydrogen) atoms. The molecule has 1 aromatic heterocycles. The van der Waals surface area contributed by atoms with Gasteiger partial charge in [-0.2, -0.15) is 5.26 Å². The molecule has 1 amide bonds. The molecular weight excluding hydrogens is 305 g/mol. The van der Waals surface area contributed by atoms with Crippen LogP contribution in [-0.4, -0.2) is 21.6 Å². The molecule has 0 aliphatic rings. The van der Waals surface area contributed by atoms with Crippen molar-refractivity contribution < 1.29 is 9.18 Å². The Morgan fingerprint density at radius 3 is 3.00 bits per heavy atom. The largest absolute Gasteiger partial charge is 0.382 e. The van der Waals surface area contributed by atoms with E-state index in [9.17, 15) is 9.18 Å². The van der Waals surface area contributed by atoms with Gasteiger partial charge in [0, 0.05) is 0 Å². The van der Waals surface area contributed by atoms with E-state index in [4.69, 9.17) is 11.0 Å². The molecule has 0 saturated heterocycles. The third-order valence-corrected chi connectivity index (χ3v) is 3.51. The van der Waals surface area contributed by atoms with Crippen LogP contribution in [0.25, 0.3) is 0 Å². The Balaban J connectivity index is 1.97. The van der Waals surface area contributed by atoms with Crippen LogP contribution in [0.5, 0.6) is 0 Å². The lowest BCUT2D eigenvalue weighted by atomic mass is 10.2. The molecule has 0 fully saturated rings. The number of carbonyl (C=O) groups is 1. The zero-order valence-electron chi connectivity index (χ0n) is 11.6. The van der Waals surface area contributed by atoms with E-state index in [2.05, 4.69) is 15.3 Å². The summed E-state index contributed by atoms with van der Waals surface area (Å²) in [5.41, 5.74) is 6.71. The Morgan fingerprint density at radius 2 is 2.32 bits per heavy atom. The summed E-state index contributed by atoms with van der Waals surface area (Å²) < 4.78 is 13.5. The molecule has 112 valence electrons. The molecule has 0 spiro atoms. The topological polar surface area (TPSA) is 105 Å². The van der Waals surface area contributed by atoms with Crippen molar-refractivity contribution in [2.75, 3.05) is 16.8 Å². The summed E-state index contributed by atoms with van der Waals surface area (Å²) >= 11 is 1.05. The first-order chi connectivity index (χ1) is 10.5. The van der Waals surface area contributed by atoms with Gasteiger partial charge in [-0.1, -0.05) is 17.8 Å². The molecular formula is C14H12FN5OS. The normalized spacial score (nSPS) is 10.0. The predicted octanol–water partition coefficient (Wildman–Crippen LogP) is 2.11. The molecule has 0 radical (unpaired) electrons. The average molecular weight is 317 g/mol. The lowest BCUT2D eigenvalue weighted by Gasteiger charge is -2.07. The molecule has 3 N–H and O–H groups in total. The number of carbonyl (C=O) groups excluding carboxylic acids is 1. The highest BCUT2D eigenvalue weighted by molar-refractivity contribution is 7.99. The van der Waals surface area contributed by atoms with Crippen LogP contribution in [-0.2, 0) is 4.79 Å². The van der Waals surface area contributed by atoms with E-state index in [1.54, 1.807) is 19.1 Å². The first-order valence-electron chi connectivity index (χ1n) is 6.21. The Hall–Kier alpha value is -2.66. The zero-order valence-corrected chi connectivity index (χ0v) is 12.4. The van der Waals surface area contributed by atoms with Crippen LogP contribution < -0.4 is 11.1 Å². The number of halogens is 1. The number of rotatable bonds is 4. The maximum atomic E-state index is 13.5. The minimum atomic E-state index is -0.497. The molecule has 6 nitrogen and oxygen atoms in total. The smallest absolute Gasteiger partial charge is 0.234 e. The maximum absolute atomic E-state index is 13.5. The minimum Gasteiger partial charge on any atom is -0.382 e. The van der Waals surface area contributed by atoms with E-state index < -0.39 is 5.82 Å². The van der Waals surface area contributed by atoms with Gasteiger partial charge in [-0.25, -0.2) is 14.4 Å². The van der Waals surface area contributed by atoms with E-state index in [1.807, 2.05) is 6.07 Å². The lowest BCUT2D eigenvalue weighted by Crippen LogP contribution is -2.15. The fourth-order valence-corrected chi connectivity index (χ4v) is 2.21. The van der Waals surface area contributed by atoms with Crippen LogP contribution in [0.2, 0.25) is 0 Å². The predicted molar refractivity (Wildman–Crippen MR) is 81.7 cm³/mol. The fraction of sp³-hybridized carbons (Fsp3) is 0.143. The van der Waals surface area contributed by atoms with Crippen molar-refractivity contribution in [2.24, 2.45) is 0 Å². The van der Waals surface area contributed by atoms with Gasteiger partial charge in [-0.15, -0.1) is 0 Å². The highest BCUT2D eigenvalue weighted by Gasteiger charge is 2.10. The van der Waals surface area contributed by atoms with Crippen molar-refractivity contribution >= 4 is 29.2 Å². The molecule has 2 aromatic rings. The van der Waals surface area contributed by atoms with Crippen molar-refractivity contribution in [1.82, 2.24) is 9.97 Å². The first-order valence-corrected chi connectivity index (χ1v) is 7.19. The number of nitrogens with one attached hydrogen (secondary N) is 1. The molecule has 0 bridgehead atoms. The van der Waals surface area contributed by atoms with Crippen LogP contribution in [0, 0.1) is 24.1 Å². The second kappa shape index (κ2) is 6.87. The third-order valence-electron chi connectivity index (χ3n) is 2.64. The molecule has 2 rings (SSSR count). The zero-order chi connectivity index (χ0) is 16.1. The van der Waals surface area contributed by atoms with Gasteiger partial charge in [-0.3, -0.25) is 4.79 Å². The van der Waals surface area contributed by atoms with E-state index in [0.29, 0.717) is 0 Å². The lowest BCUT2D eigenvalue weighted by molar-refractivity contribution is -0.113. The summed E-state index contributed by atoms with van der Waals surface area (Å²) in [5, 5.41) is 11.5. The summed E-state index contributed by atoms with van der Waals surface area (Å²) in [6.07, 6.45) is 1.29. The first kappa shape index (κ1) is 15.7. The molecule has 1 heterocycles. The van der Waals surface area contributed by atoms with E-state index in [-0.39, 0.29) is 33.9 Å². The minimum absolute atomic E-state index is 0.00127. The molecule has 1 aromatic carbocycles. The maximum Gasteiger partial charge on any atom is 0.234 e. The van der Waals surface area contributed by atoms with Crippen LogP contribution in [0.15, 0.2) is 29.6 Å². The Bertz CT molecular complexity index is 759. The van der Waals surface area contributed by atoms with Crippen molar-refractivity contribution in [1.29, 1.82) is 5.26 Å². The second-order valence-electron chi connectivity index (χ2n) is 4.38. The second-order valence-corrected chi connectivity index (χ2v) is 5.33. The average Bonchev–Trinajstić information content (AvgIpc) is 2.49. The van der Waals surface area contributed by atoms with Gasteiger partial charge in [0.2, 0.25) is 5.91 Å². The van der Waals surface area contributed by atoms with Crippen LogP contribution in [0.1, 0.15) is 11.1 Å². The van der Waals surface area contributed by atoms with Crippen molar-refractivity contribution in [3.05, 3.63) is 41.3 Å². The van der Waals surface area contributed by atoms with E-state index in [1.165, 1.54) is 12.3 Å². The molecule has 0 saturated carbocycles. The number of aryl methyl sites for hydroxylation is 1. The van der Waals surface area contributed by atoms with Gasteiger partial charge in [0.05, 0.1) is 17.6 Å². The number of nitrogen functional groups attached to an aromatic ring is 1. The van der Waals surface area contributed by atoms with Gasteiger partial charge in [0.25, 0.3) is 0 Å². The highest BCUT2D eigenvalue weighted by Crippen LogP contribution is 2.18. The monoisotopic (exact) mass is 317 g/mol. The SMILES string of the molecule is Cc1ccc(F)c(NC(=O)CSc2ncc(C#N)c(N)n2)c1. The number of nitrogens with zero attached hydrogens (tertiary/aromatic N) is 3. The summed E-state index contributed by atoms with van der Waals surface area (Å²) in [7, 11) is 0. The van der Waals surface area contributed by atoms with Gasteiger partial charge >= 0.3 is 0 Å². The number of benzene rings is 1. The number of hydrogen-bond acceptors (Lipinski definition) is 6. The molecule has 8 heteroatoms. The van der Waals surface area contributed by atoms with Crippen molar-refractivity contribution in [3.63, 3.8) is 0 Å². The molecule has 0 aliphatic heterocycles. The van der Waals surface area contributed by atoms with Crippen LogP contribution >= 0.6 is 11.8 Å². The quantitative estimate of drug-likeness (QED) is 0.661. The summed E-state index contributed by atoms with van der Waals surface area (Å²) in [4.78, 5) is 19.6. The standard InChI is InChI=1S/C14H12FN5OS/c1-8-2-3-10(15)11(4-8)19-12(21)7-22-14-18-6-9(5-16)13(17)20-14/h2-4,6H,7H2,1H3,(H,19,21)(H2,17,18,20). The van der Waals surface area contributed by atoms with Gasteiger partial charge in [0.15, 0.2) is 5.16 Å². The fourth-order valence-electron chi connectivity index (χ4n) is 1.59. The molecule has 0 aliphatic carbocycles. The third kappa shape index (κ3) is 3.93. The van der Waals surface area contributed by atoms with Crippen LogP contribution in [0.4, 0.5) is 15.9 Å². The van der Waals surface area contributed by atoms with Gasteiger partial charge < -0.3 is 11.1 Å². The number of nitriles is 1. The number of thioether (sulfide) groups is 1. The van der Waals surface area contributed by atoms with Gasteiger partial charge in [-0.05, 0) is 24.6 Å². The van der Waals surface area contributed by atoms with Crippen molar-refractivity contribution in [3.8, 4) is 6.07 Å². The summed E-state index contributed by atoms with van der Waals surface area (Å²) in [6, 6.07) is 6.31. The summed E-state index contributed by atoms with van der Waals surface area (Å²) in [5.74, 6) is -0.826. The number of nitrogens with two attached hydrogens (primary N) is 1. The van der Waals surface area contributed by atoms with E-state index in [0.717, 1.165) is 17.3 Å². The Kier molecular flexibility index (Phi) is 4.91. The number of anilines is 2. The van der Waals surface area contributed by atoms with E-state index >= 15 is 0 Å². The summed E-state index contributed by atoms with van der Waals surface area (Å²) in [6.45, 7) is 1.80. The van der Waals surface area contributed by atoms with Crippen molar-refractivity contribution in [2.45, 2.75) is 12.1 Å². The Morgan fingerprint density at radius 1 is 1.55 bits per heavy atom. The molecule has 0 atom stereocenters. The molecule has 0 unspecified atom stereocenters. The number of hydrogen-bond donors (Lipinski definition) is 2. The number of amides is 1.